The Morgan fingerprint density at radius 1 is 1.33 bits per heavy atom. The largest absolute Gasteiger partial charge is 0.353 e. The quantitative estimate of drug-likeness (QED) is 0.730. The molecule has 0 saturated heterocycles. The molecule has 1 aliphatic rings. The third-order valence-electron chi connectivity index (χ3n) is 5.66. The van der Waals surface area contributed by atoms with Crippen LogP contribution < -0.4 is 10.9 Å². The Hall–Kier alpha value is -2.22. The van der Waals surface area contributed by atoms with Crippen LogP contribution in [-0.4, -0.2) is 31.1 Å². The summed E-state index contributed by atoms with van der Waals surface area (Å²) >= 11 is 1.43. The summed E-state index contributed by atoms with van der Waals surface area (Å²) in [6.07, 6.45) is 6.61. The fourth-order valence-electron chi connectivity index (χ4n) is 4.03. The maximum Gasteiger partial charge on any atom is 0.272 e. The van der Waals surface area contributed by atoms with Gasteiger partial charge in [0, 0.05) is 25.9 Å². The highest BCUT2D eigenvalue weighted by molar-refractivity contribution is 7.17. The van der Waals surface area contributed by atoms with Gasteiger partial charge < -0.3 is 5.32 Å². The number of fused-ring (bicyclic) bond motifs is 3. The number of nitrogens with one attached hydrogen (secondary N) is 1. The Morgan fingerprint density at radius 2 is 2.15 bits per heavy atom. The van der Waals surface area contributed by atoms with Gasteiger partial charge in [-0.05, 0) is 36.6 Å². The van der Waals surface area contributed by atoms with E-state index in [4.69, 9.17) is 0 Å². The Kier molecular flexibility index (Phi) is 4.99. The fourth-order valence-corrected chi connectivity index (χ4v) is 4.88. The van der Waals surface area contributed by atoms with Crippen LogP contribution in [0.5, 0.6) is 0 Å². The number of thiophene rings is 1. The van der Waals surface area contributed by atoms with Crippen molar-refractivity contribution in [3.8, 4) is 0 Å². The van der Waals surface area contributed by atoms with Crippen molar-refractivity contribution in [1.82, 2.24) is 24.5 Å². The van der Waals surface area contributed by atoms with E-state index in [2.05, 4.69) is 22.4 Å². The standard InChI is InChI=1S/C19H25N5O2S/c1-12-6-3-4-7-13(12)20-16(25)9-5-8-15-21-22-19-23(2)18(26)17-14(24(15)19)10-11-27-17/h10-13H,3-9H2,1-2H3,(H,20,25)/t12-,13+/m0/s1. The minimum absolute atomic E-state index is 0.0487. The average molecular weight is 388 g/mol. The summed E-state index contributed by atoms with van der Waals surface area (Å²) in [5, 5.41) is 13.6. The average Bonchev–Trinajstić information content (AvgIpc) is 3.28. The summed E-state index contributed by atoms with van der Waals surface area (Å²) in [6, 6.07) is 2.25. The number of nitrogens with zero attached hydrogens (tertiary/aromatic N) is 4. The van der Waals surface area contributed by atoms with Crippen LogP contribution in [0, 0.1) is 5.92 Å². The summed E-state index contributed by atoms with van der Waals surface area (Å²) in [7, 11) is 1.72. The van der Waals surface area contributed by atoms with Gasteiger partial charge in [0.05, 0.1) is 5.52 Å². The lowest BCUT2D eigenvalue weighted by Gasteiger charge is -2.29. The van der Waals surface area contributed by atoms with Crippen molar-refractivity contribution in [1.29, 1.82) is 0 Å². The summed E-state index contributed by atoms with van der Waals surface area (Å²) in [4.78, 5) is 24.7. The lowest BCUT2D eigenvalue weighted by atomic mass is 9.86. The molecule has 3 heterocycles. The molecule has 0 unspecified atom stereocenters. The highest BCUT2D eigenvalue weighted by Gasteiger charge is 2.22. The van der Waals surface area contributed by atoms with Crippen LogP contribution in [0.15, 0.2) is 16.2 Å². The van der Waals surface area contributed by atoms with E-state index in [1.54, 1.807) is 7.05 Å². The van der Waals surface area contributed by atoms with E-state index in [0.717, 1.165) is 17.8 Å². The lowest BCUT2D eigenvalue weighted by Crippen LogP contribution is -2.40. The van der Waals surface area contributed by atoms with Gasteiger partial charge >= 0.3 is 0 Å². The van der Waals surface area contributed by atoms with Gasteiger partial charge in [-0.2, -0.15) is 0 Å². The summed E-state index contributed by atoms with van der Waals surface area (Å²) in [5.41, 5.74) is 0.797. The van der Waals surface area contributed by atoms with Crippen LogP contribution in [-0.2, 0) is 18.3 Å². The number of aromatic nitrogens is 4. The van der Waals surface area contributed by atoms with Gasteiger partial charge in [-0.3, -0.25) is 18.6 Å². The Balaban J connectivity index is 1.45. The van der Waals surface area contributed by atoms with E-state index in [0.29, 0.717) is 41.7 Å². The molecule has 4 rings (SSSR count). The first-order chi connectivity index (χ1) is 13.1. The first-order valence-corrected chi connectivity index (χ1v) is 10.5. The molecule has 1 aliphatic carbocycles. The summed E-state index contributed by atoms with van der Waals surface area (Å²) < 4.78 is 4.18. The van der Waals surface area contributed by atoms with Crippen LogP contribution in [0.3, 0.4) is 0 Å². The predicted molar refractivity (Wildman–Crippen MR) is 106 cm³/mol. The molecule has 27 heavy (non-hydrogen) atoms. The van der Waals surface area contributed by atoms with E-state index in [1.807, 2.05) is 15.8 Å². The molecular weight excluding hydrogens is 362 g/mol. The SMILES string of the molecule is C[C@H]1CCCC[C@H]1NC(=O)CCCc1nnc2n(C)c(=O)c3sccc3n12. The zero-order chi connectivity index (χ0) is 19.0. The Bertz CT molecular complexity index is 1030. The number of rotatable bonds is 5. The van der Waals surface area contributed by atoms with Gasteiger partial charge in [-0.25, -0.2) is 0 Å². The van der Waals surface area contributed by atoms with E-state index < -0.39 is 0 Å². The molecular formula is C19H25N5O2S. The van der Waals surface area contributed by atoms with E-state index in [-0.39, 0.29) is 11.5 Å². The lowest BCUT2D eigenvalue weighted by molar-refractivity contribution is -0.122. The fraction of sp³-hybridized carbons (Fsp3) is 0.579. The first kappa shape index (κ1) is 18.2. The van der Waals surface area contributed by atoms with Crippen molar-refractivity contribution in [3.63, 3.8) is 0 Å². The Labute approximate surface area is 161 Å². The normalized spacial score (nSPS) is 20.4. The molecule has 1 saturated carbocycles. The second-order valence-electron chi connectivity index (χ2n) is 7.54. The molecule has 0 bridgehead atoms. The van der Waals surface area contributed by atoms with E-state index >= 15 is 0 Å². The summed E-state index contributed by atoms with van der Waals surface area (Å²) in [5.74, 6) is 2.02. The summed E-state index contributed by atoms with van der Waals surface area (Å²) in [6.45, 7) is 2.23. The monoisotopic (exact) mass is 387 g/mol. The minimum atomic E-state index is -0.0487. The van der Waals surface area contributed by atoms with Gasteiger partial charge in [0.25, 0.3) is 5.56 Å². The number of aryl methyl sites for hydroxylation is 2. The topological polar surface area (TPSA) is 81.3 Å². The molecule has 1 N–H and O–H groups in total. The van der Waals surface area contributed by atoms with Crippen molar-refractivity contribution in [2.45, 2.75) is 57.9 Å². The smallest absolute Gasteiger partial charge is 0.272 e. The first-order valence-electron chi connectivity index (χ1n) is 9.66. The zero-order valence-corrected chi connectivity index (χ0v) is 16.6. The minimum Gasteiger partial charge on any atom is -0.353 e. The maximum absolute atomic E-state index is 12.4. The van der Waals surface area contributed by atoms with Crippen LogP contribution in [0.25, 0.3) is 16.0 Å². The van der Waals surface area contributed by atoms with Crippen molar-refractivity contribution in [2.75, 3.05) is 0 Å². The van der Waals surface area contributed by atoms with Gasteiger partial charge in [0.15, 0.2) is 0 Å². The van der Waals surface area contributed by atoms with Gasteiger partial charge in [0.1, 0.15) is 10.5 Å². The molecule has 2 atom stereocenters. The van der Waals surface area contributed by atoms with Crippen LogP contribution in [0.1, 0.15) is 51.3 Å². The highest BCUT2D eigenvalue weighted by atomic mass is 32.1. The van der Waals surface area contributed by atoms with Crippen LogP contribution in [0.4, 0.5) is 0 Å². The van der Waals surface area contributed by atoms with E-state index in [9.17, 15) is 9.59 Å². The number of carbonyl (C=O) groups is 1. The number of carbonyl (C=O) groups excluding carboxylic acids is 1. The molecule has 0 spiro atoms. The third kappa shape index (κ3) is 3.38. The highest BCUT2D eigenvalue weighted by Crippen LogP contribution is 2.24. The maximum atomic E-state index is 12.4. The molecule has 8 heteroatoms. The third-order valence-corrected chi connectivity index (χ3v) is 6.55. The molecule has 0 aromatic carbocycles. The van der Waals surface area contributed by atoms with E-state index in [1.165, 1.54) is 35.2 Å². The number of hydrogen-bond donors (Lipinski definition) is 1. The molecule has 144 valence electrons. The second kappa shape index (κ2) is 7.42. The van der Waals surface area contributed by atoms with Gasteiger partial charge in [-0.1, -0.05) is 19.8 Å². The molecule has 0 aliphatic heterocycles. The van der Waals surface area contributed by atoms with Crippen molar-refractivity contribution in [3.05, 3.63) is 27.6 Å². The van der Waals surface area contributed by atoms with Crippen LogP contribution in [0.2, 0.25) is 0 Å². The van der Waals surface area contributed by atoms with Gasteiger partial charge in [0.2, 0.25) is 11.7 Å². The van der Waals surface area contributed by atoms with Crippen molar-refractivity contribution >= 4 is 33.2 Å². The molecule has 3 aromatic heterocycles. The molecule has 7 nitrogen and oxygen atoms in total. The number of amides is 1. The second-order valence-corrected chi connectivity index (χ2v) is 8.46. The van der Waals surface area contributed by atoms with Crippen LogP contribution >= 0.6 is 11.3 Å². The number of hydrogen-bond acceptors (Lipinski definition) is 5. The molecule has 1 fully saturated rings. The molecule has 1 amide bonds. The van der Waals surface area contributed by atoms with Gasteiger partial charge in [-0.15, -0.1) is 21.5 Å². The zero-order valence-electron chi connectivity index (χ0n) is 15.8. The van der Waals surface area contributed by atoms with Crippen molar-refractivity contribution in [2.24, 2.45) is 13.0 Å². The predicted octanol–water partition coefficient (Wildman–Crippen LogP) is 2.66. The molecule has 0 radical (unpaired) electrons. The molecule has 3 aromatic rings. The Morgan fingerprint density at radius 3 is 2.96 bits per heavy atom. The van der Waals surface area contributed by atoms with Crippen molar-refractivity contribution < 1.29 is 4.79 Å².